The fourth-order valence-corrected chi connectivity index (χ4v) is 3.54. The van der Waals surface area contributed by atoms with Crippen LogP contribution in [0, 0.1) is 0 Å². The molecule has 1 amide bonds. The second kappa shape index (κ2) is 6.51. The molecule has 1 rings (SSSR count). The number of rotatable bonds is 4. The van der Waals surface area contributed by atoms with Gasteiger partial charge in [0.25, 0.3) is 0 Å². The van der Waals surface area contributed by atoms with Crippen molar-refractivity contribution in [3.05, 3.63) is 25.6 Å². The third-order valence-electron chi connectivity index (χ3n) is 1.84. The summed E-state index contributed by atoms with van der Waals surface area (Å²) >= 11 is 9.94. The van der Waals surface area contributed by atoms with Crippen LogP contribution in [-0.4, -0.2) is 17.0 Å². The van der Waals surface area contributed by atoms with E-state index in [9.17, 15) is 9.59 Å². The van der Waals surface area contributed by atoms with Gasteiger partial charge in [-0.05, 0) is 44.0 Å². The van der Waals surface area contributed by atoms with Crippen LogP contribution in [0.15, 0.2) is 25.6 Å². The Morgan fingerprint density at radius 1 is 1.12 bits per heavy atom. The van der Waals surface area contributed by atoms with Gasteiger partial charge >= 0.3 is 5.97 Å². The summed E-state index contributed by atoms with van der Waals surface area (Å²) in [6.45, 7) is 0. The maximum atomic E-state index is 11.5. The number of benzene rings is 1. The molecule has 0 unspecified atom stereocenters. The number of amides is 1. The lowest BCUT2D eigenvalue weighted by Gasteiger charge is -2.09. The first-order valence-electron chi connectivity index (χ1n) is 4.56. The summed E-state index contributed by atoms with van der Waals surface area (Å²) < 4.78 is 2.28. The molecule has 17 heavy (non-hydrogen) atoms. The zero-order valence-electron chi connectivity index (χ0n) is 8.47. The number of halogens is 3. The number of nitrogens with one attached hydrogen (secondary N) is 1. The summed E-state index contributed by atoms with van der Waals surface area (Å²) in [7, 11) is 0. The maximum Gasteiger partial charge on any atom is 0.303 e. The lowest BCUT2D eigenvalue weighted by molar-refractivity contribution is -0.138. The molecule has 7 heteroatoms. The molecule has 0 atom stereocenters. The van der Waals surface area contributed by atoms with Crippen molar-refractivity contribution < 1.29 is 14.7 Å². The smallest absolute Gasteiger partial charge is 0.303 e. The van der Waals surface area contributed by atoms with E-state index in [1.165, 1.54) is 0 Å². The highest BCUT2D eigenvalue weighted by molar-refractivity contribution is 9.11. The highest BCUT2D eigenvalue weighted by atomic mass is 79.9. The first kappa shape index (κ1) is 14.7. The quantitative estimate of drug-likeness (QED) is 0.765. The van der Waals surface area contributed by atoms with Crippen molar-refractivity contribution in [2.45, 2.75) is 12.8 Å². The predicted molar refractivity (Wildman–Crippen MR) is 75.0 cm³/mol. The Balaban J connectivity index is 2.75. The van der Waals surface area contributed by atoms with Crippen LogP contribution in [0.3, 0.4) is 0 Å². The molecule has 0 radical (unpaired) electrons. The highest BCUT2D eigenvalue weighted by Gasteiger charge is 2.11. The molecule has 0 aliphatic heterocycles. The van der Waals surface area contributed by atoms with E-state index in [1.807, 2.05) is 0 Å². The van der Waals surface area contributed by atoms with E-state index in [0.717, 1.165) is 4.47 Å². The van der Waals surface area contributed by atoms with Crippen LogP contribution in [0.4, 0.5) is 5.69 Å². The number of hydrogen-bond acceptors (Lipinski definition) is 2. The molecule has 1 aromatic carbocycles. The van der Waals surface area contributed by atoms with Crippen molar-refractivity contribution in [2.75, 3.05) is 5.32 Å². The van der Waals surface area contributed by atoms with Crippen molar-refractivity contribution in [3.63, 3.8) is 0 Å². The van der Waals surface area contributed by atoms with E-state index in [-0.39, 0.29) is 18.7 Å². The topological polar surface area (TPSA) is 66.4 Å². The van der Waals surface area contributed by atoms with Crippen molar-refractivity contribution >= 4 is 65.4 Å². The number of carboxylic acids is 1. The van der Waals surface area contributed by atoms with E-state index in [1.54, 1.807) is 12.1 Å². The number of carbonyl (C=O) groups is 2. The Bertz CT molecular complexity index is 439. The van der Waals surface area contributed by atoms with Crippen LogP contribution in [0.5, 0.6) is 0 Å². The Hall–Kier alpha value is -0.400. The molecule has 0 heterocycles. The van der Waals surface area contributed by atoms with Gasteiger partial charge in [-0.3, -0.25) is 9.59 Å². The fourth-order valence-electron chi connectivity index (χ4n) is 1.08. The fraction of sp³-hybridized carbons (Fsp3) is 0.200. The van der Waals surface area contributed by atoms with Crippen LogP contribution in [0.1, 0.15) is 12.8 Å². The molecule has 0 saturated heterocycles. The third kappa shape index (κ3) is 4.77. The molecule has 0 fully saturated rings. The first-order chi connectivity index (χ1) is 7.90. The molecule has 0 aliphatic carbocycles. The maximum absolute atomic E-state index is 11.5. The van der Waals surface area contributed by atoms with Gasteiger partial charge in [0.2, 0.25) is 5.91 Å². The third-order valence-corrected chi connectivity index (χ3v) is 3.55. The summed E-state index contributed by atoms with van der Waals surface area (Å²) in [6.07, 6.45) is -0.234. The number of anilines is 1. The Kier molecular flexibility index (Phi) is 5.61. The molecular formula is C10H8Br3NO3. The number of carboxylic acid groups (broad SMARTS) is 1. The monoisotopic (exact) mass is 427 g/mol. The molecule has 0 spiro atoms. The standard InChI is InChI=1S/C10H8Br3NO3/c11-5-3-6(12)10(7(13)4-5)14-8(15)1-2-9(16)17/h3-4H,1-2H2,(H,14,15)(H,16,17). The van der Waals surface area contributed by atoms with E-state index < -0.39 is 5.97 Å². The molecule has 0 aromatic heterocycles. The largest absolute Gasteiger partial charge is 0.481 e. The average molecular weight is 430 g/mol. The molecule has 1 aromatic rings. The summed E-state index contributed by atoms with van der Waals surface area (Å²) in [5, 5.41) is 11.1. The minimum Gasteiger partial charge on any atom is -0.481 e. The molecule has 0 saturated carbocycles. The van der Waals surface area contributed by atoms with E-state index in [2.05, 4.69) is 53.1 Å². The first-order valence-corrected chi connectivity index (χ1v) is 6.94. The van der Waals surface area contributed by atoms with Gasteiger partial charge in [0.1, 0.15) is 0 Å². The molecular weight excluding hydrogens is 422 g/mol. The number of aliphatic carboxylic acids is 1. The van der Waals surface area contributed by atoms with Gasteiger partial charge in [-0.15, -0.1) is 0 Å². The van der Waals surface area contributed by atoms with Crippen molar-refractivity contribution in [1.82, 2.24) is 0 Å². The lowest BCUT2D eigenvalue weighted by atomic mass is 10.2. The van der Waals surface area contributed by atoms with Gasteiger partial charge in [-0.1, -0.05) is 15.9 Å². The van der Waals surface area contributed by atoms with Crippen LogP contribution < -0.4 is 5.32 Å². The highest BCUT2D eigenvalue weighted by Crippen LogP contribution is 2.34. The van der Waals surface area contributed by atoms with Crippen LogP contribution >= 0.6 is 47.8 Å². The molecule has 0 aliphatic rings. The Morgan fingerprint density at radius 3 is 2.12 bits per heavy atom. The molecule has 0 bridgehead atoms. The van der Waals surface area contributed by atoms with Gasteiger partial charge in [0, 0.05) is 19.8 Å². The van der Waals surface area contributed by atoms with Crippen molar-refractivity contribution in [1.29, 1.82) is 0 Å². The SMILES string of the molecule is O=C(O)CCC(=O)Nc1c(Br)cc(Br)cc1Br. The summed E-state index contributed by atoms with van der Waals surface area (Å²) in [5.74, 6) is -1.33. The van der Waals surface area contributed by atoms with Gasteiger partial charge in [0.15, 0.2) is 0 Å². The normalized spacial score (nSPS) is 10.1. The van der Waals surface area contributed by atoms with Gasteiger partial charge < -0.3 is 10.4 Å². The zero-order chi connectivity index (χ0) is 13.0. The molecule has 92 valence electrons. The minimum atomic E-state index is -0.992. The molecule has 2 N–H and O–H groups in total. The predicted octanol–water partition coefficient (Wildman–Crippen LogP) is 3.78. The summed E-state index contributed by atoms with van der Waals surface area (Å²) in [5.41, 5.74) is 0.587. The second-order valence-electron chi connectivity index (χ2n) is 3.19. The second-order valence-corrected chi connectivity index (χ2v) is 5.81. The van der Waals surface area contributed by atoms with Crippen LogP contribution in [0.2, 0.25) is 0 Å². The van der Waals surface area contributed by atoms with E-state index in [0.29, 0.717) is 14.6 Å². The summed E-state index contributed by atoms with van der Waals surface area (Å²) in [6, 6.07) is 3.58. The Morgan fingerprint density at radius 2 is 1.65 bits per heavy atom. The van der Waals surface area contributed by atoms with Gasteiger partial charge in [0.05, 0.1) is 12.1 Å². The van der Waals surface area contributed by atoms with Crippen LogP contribution in [-0.2, 0) is 9.59 Å². The average Bonchev–Trinajstić information content (AvgIpc) is 2.20. The zero-order valence-corrected chi connectivity index (χ0v) is 13.2. The van der Waals surface area contributed by atoms with Crippen LogP contribution in [0.25, 0.3) is 0 Å². The number of hydrogen-bond donors (Lipinski definition) is 2. The number of carbonyl (C=O) groups excluding carboxylic acids is 1. The molecule has 4 nitrogen and oxygen atoms in total. The lowest BCUT2D eigenvalue weighted by Crippen LogP contribution is -2.13. The Labute approximate surface area is 123 Å². The van der Waals surface area contributed by atoms with Crippen molar-refractivity contribution in [3.8, 4) is 0 Å². The van der Waals surface area contributed by atoms with Crippen molar-refractivity contribution in [2.24, 2.45) is 0 Å². The summed E-state index contributed by atoms with van der Waals surface area (Å²) in [4.78, 5) is 21.8. The van der Waals surface area contributed by atoms with Gasteiger partial charge in [-0.25, -0.2) is 0 Å². The van der Waals surface area contributed by atoms with E-state index >= 15 is 0 Å². The van der Waals surface area contributed by atoms with E-state index in [4.69, 9.17) is 5.11 Å². The van der Waals surface area contributed by atoms with Gasteiger partial charge in [-0.2, -0.15) is 0 Å². The minimum absolute atomic E-state index is 0.0513.